The van der Waals surface area contributed by atoms with Gasteiger partial charge in [-0.1, -0.05) is 31.7 Å². The molecule has 1 atom stereocenters. The first-order chi connectivity index (χ1) is 10.2. The van der Waals surface area contributed by atoms with Crippen molar-refractivity contribution < 1.29 is 9.47 Å². The van der Waals surface area contributed by atoms with Gasteiger partial charge in [-0.25, -0.2) is 0 Å². The van der Waals surface area contributed by atoms with Crippen molar-refractivity contribution in [2.45, 2.75) is 58.4 Å². The molecule has 0 saturated heterocycles. The highest BCUT2D eigenvalue weighted by Crippen LogP contribution is 2.34. The minimum atomic E-state index is 0.0977. The van der Waals surface area contributed by atoms with Crippen LogP contribution in [0.4, 0.5) is 0 Å². The molecule has 21 heavy (non-hydrogen) atoms. The van der Waals surface area contributed by atoms with Gasteiger partial charge in [0.1, 0.15) is 0 Å². The highest BCUT2D eigenvalue weighted by atomic mass is 16.5. The third-order valence-electron chi connectivity index (χ3n) is 4.36. The summed E-state index contributed by atoms with van der Waals surface area (Å²) in [6, 6.07) is 6.21. The molecule has 1 unspecified atom stereocenters. The molecule has 0 aliphatic heterocycles. The Balaban J connectivity index is 1.98. The van der Waals surface area contributed by atoms with Crippen molar-refractivity contribution in [3.63, 3.8) is 0 Å². The fraction of sp³-hybridized carbons (Fsp3) is 0.667. The van der Waals surface area contributed by atoms with Crippen molar-refractivity contribution in [3.8, 4) is 11.5 Å². The number of nitrogens with two attached hydrogens (primary N) is 1. The average molecular weight is 291 g/mol. The first-order valence-electron chi connectivity index (χ1n) is 8.39. The maximum Gasteiger partial charge on any atom is 0.161 e. The van der Waals surface area contributed by atoms with Gasteiger partial charge in [-0.3, -0.25) is 0 Å². The Hall–Kier alpha value is -1.22. The second kappa shape index (κ2) is 8.28. The fourth-order valence-electron chi connectivity index (χ4n) is 3.18. The quantitative estimate of drug-likeness (QED) is 0.769. The second-order valence-corrected chi connectivity index (χ2v) is 5.91. The molecule has 0 heterocycles. The van der Waals surface area contributed by atoms with Gasteiger partial charge in [-0.05, 0) is 50.3 Å². The van der Waals surface area contributed by atoms with Crippen LogP contribution in [0.3, 0.4) is 0 Å². The van der Waals surface area contributed by atoms with Crippen LogP contribution in [0.2, 0.25) is 0 Å². The van der Waals surface area contributed by atoms with Gasteiger partial charge in [-0.15, -0.1) is 0 Å². The zero-order chi connectivity index (χ0) is 15.1. The molecule has 3 nitrogen and oxygen atoms in total. The van der Waals surface area contributed by atoms with Gasteiger partial charge in [0, 0.05) is 6.04 Å². The summed E-state index contributed by atoms with van der Waals surface area (Å²) in [5.41, 5.74) is 7.52. The van der Waals surface area contributed by atoms with Crippen molar-refractivity contribution in [1.82, 2.24) is 0 Å². The van der Waals surface area contributed by atoms with Gasteiger partial charge in [0.05, 0.1) is 13.2 Å². The van der Waals surface area contributed by atoms with Crippen LogP contribution < -0.4 is 15.2 Å². The Labute approximate surface area is 128 Å². The lowest BCUT2D eigenvalue weighted by Crippen LogP contribution is -2.12. The second-order valence-electron chi connectivity index (χ2n) is 5.91. The molecule has 2 N–H and O–H groups in total. The number of ether oxygens (including phenoxy) is 2. The molecule has 0 amide bonds. The lowest BCUT2D eigenvalue weighted by Gasteiger charge is -2.17. The highest BCUT2D eigenvalue weighted by Gasteiger charge is 2.17. The van der Waals surface area contributed by atoms with E-state index in [0.29, 0.717) is 13.2 Å². The fourth-order valence-corrected chi connectivity index (χ4v) is 3.18. The summed E-state index contributed by atoms with van der Waals surface area (Å²) in [5, 5.41) is 0. The molecule has 1 aliphatic rings. The number of hydrogen-bond donors (Lipinski definition) is 1. The molecule has 0 radical (unpaired) electrons. The summed E-state index contributed by atoms with van der Waals surface area (Å²) in [6.07, 6.45) is 7.89. The van der Waals surface area contributed by atoms with E-state index >= 15 is 0 Å². The Morgan fingerprint density at radius 3 is 2.43 bits per heavy atom. The SMILES string of the molecule is CCOc1ccc(C(N)CCC2CCCC2)cc1OCC. The minimum absolute atomic E-state index is 0.0977. The molecule has 1 aromatic carbocycles. The van der Waals surface area contributed by atoms with Crippen LogP contribution in [0.5, 0.6) is 11.5 Å². The maximum atomic E-state index is 6.37. The maximum absolute atomic E-state index is 6.37. The van der Waals surface area contributed by atoms with Crippen molar-refractivity contribution in [2.75, 3.05) is 13.2 Å². The Morgan fingerprint density at radius 2 is 1.76 bits per heavy atom. The largest absolute Gasteiger partial charge is 0.490 e. The summed E-state index contributed by atoms with van der Waals surface area (Å²) in [4.78, 5) is 0. The van der Waals surface area contributed by atoms with E-state index in [-0.39, 0.29) is 6.04 Å². The number of rotatable bonds is 8. The number of benzene rings is 1. The zero-order valence-corrected chi connectivity index (χ0v) is 13.4. The normalized spacial score (nSPS) is 16.9. The Bertz CT molecular complexity index is 427. The van der Waals surface area contributed by atoms with Gasteiger partial charge in [0.25, 0.3) is 0 Å². The summed E-state index contributed by atoms with van der Waals surface area (Å²) in [6.45, 7) is 5.26. The molecule has 2 rings (SSSR count). The molecule has 0 bridgehead atoms. The summed E-state index contributed by atoms with van der Waals surface area (Å²) in [5.74, 6) is 2.52. The van der Waals surface area contributed by atoms with E-state index in [1.807, 2.05) is 26.0 Å². The van der Waals surface area contributed by atoms with E-state index < -0.39 is 0 Å². The van der Waals surface area contributed by atoms with E-state index in [0.717, 1.165) is 29.4 Å². The van der Waals surface area contributed by atoms with Gasteiger partial charge >= 0.3 is 0 Å². The zero-order valence-electron chi connectivity index (χ0n) is 13.4. The smallest absolute Gasteiger partial charge is 0.161 e. The third-order valence-corrected chi connectivity index (χ3v) is 4.36. The Morgan fingerprint density at radius 1 is 1.10 bits per heavy atom. The van der Waals surface area contributed by atoms with Crippen LogP contribution in [-0.4, -0.2) is 13.2 Å². The molecule has 0 spiro atoms. The van der Waals surface area contributed by atoms with Crippen LogP contribution in [0.15, 0.2) is 18.2 Å². The van der Waals surface area contributed by atoms with Crippen LogP contribution >= 0.6 is 0 Å². The topological polar surface area (TPSA) is 44.5 Å². The molecule has 1 fully saturated rings. The summed E-state index contributed by atoms with van der Waals surface area (Å²) in [7, 11) is 0. The van der Waals surface area contributed by atoms with Crippen molar-refractivity contribution in [3.05, 3.63) is 23.8 Å². The first kappa shape index (κ1) is 16.2. The summed E-state index contributed by atoms with van der Waals surface area (Å²) >= 11 is 0. The van der Waals surface area contributed by atoms with Crippen molar-refractivity contribution >= 4 is 0 Å². The van der Waals surface area contributed by atoms with Crippen LogP contribution in [0.1, 0.15) is 64.0 Å². The minimum Gasteiger partial charge on any atom is -0.490 e. The molecule has 1 saturated carbocycles. The number of hydrogen-bond acceptors (Lipinski definition) is 3. The molecule has 3 heteroatoms. The van der Waals surface area contributed by atoms with E-state index in [2.05, 4.69) is 6.07 Å². The molecular formula is C18H29NO2. The standard InChI is InChI=1S/C18H29NO2/c1-3-20-17-12-10-15(13-18(17)21-4-2)16(19)11-9-14-7-5-6-8-14/h10,12-14,16H,3-9,11,19H2,1-2H3. The lowest BCUT2D eigenvalue weighted by atomic mass is 9.95. The molecule has 0 aromatic heterocycles. The first-order valence-corrected chi connectivity index (χ1v) is 8.39. The molecule has 118 valence electrons. The Kier molecular flexibility index (Phi) is 6.37. The highest BCUT2D eigenvalue weighted by molar-refractivity contribution is 5.43. The van der Waals surface area contributed by atoms with Gasteiger partial charge in [0.2, 0.25) is 0 Å². The van der Waals surface area contributed by atoms with Crippen LogP contribution in [-0.2, 0) is 0 Å². The van der Waals surface area contributed by atoms with E-state index in [4.69, 9.17) is 15.2 Å². The lowest BCUT2D eigenvalue weighted by molar-refractivity contribution is 0.287. The van der Waals surface area contributed by atoms with Gasteiger partial charge in [-0.2, -0.15) is 0 Å². The third kappa shape index (κ3) is 4.63. The monoisotopic (exact) mass is 291 g/mol. The van der Waals surface area contributed by atoms with Gasteiger partial charge in [0.15, 0.2) is 11.5 Å². The molecule has 1 aliphatic carbocycles. The van der Waals surface area contributed by atoms with Crippen LogP contribution in [0.25, 0.3) is 0 Å². The molecular weight excluding hydrogens is 262 g/mol. The van der Waals surface area contributed by atoms with E-state index in [1.165, 1.54) is 32.1 Å². The van der Waals surface area contributed by atoms with E-state index in [1.54, 1.807) is 0 Å². The van der Waals surface area contributed by atoms with Crippen molar-refractivity contribution in [2.24, 2.45) is 11.7 Å². The molecule has 1 aromatic rings. The average Bonchev–Trinajstić information content (AvgIpc) is 3.00. The predicted molar refractivity (Wildman–Crippen MR) is 86.9 cm³/mol. The van der Waals surface area contributed by atoms with Gasteiger partial charge < -0.3 is 15.2 Å². The van der Waals surface area contributed by atoms with Crippen LogP contribution in [0, 0.1) is 5.92 Å². The predicted octanol–water partition coefficient (Wildman–Crippen LogP) is 4.45. The van der Waals surface area contributed by atoms with E-state index in [9.17, 15) is 0 Å². The summed E-state index contributed by atoms with van der Waals surface area (Å²) < 4.78 is 11.3. The van der Waals surface area contributed by atoms with Crippen molar-refractivity contribution in [1.29, 1.82) is 0 Å².